The molecule has 0 bridgehead atoms. The number of para-hydroxylation sites is 3. The first-order valence-electron chi connectivity index (χ1n) is 9.29. The summed E-state index contributed by atoms with van der Waals surface area (Å²) >= 11 is 0. The molecule has 0 aliphatic heterocycles. The second kappa shape index (κ2) is 6.46. The van der Waals surface area contributed by atoms with Crippen molar-refractivity contribution in [3.8, 4) is 28.0 Å². The predicted molar refractivity (Wildman–Crippen MR) is 118 cm³/mol. The molecular formula is C25H20N2O. The van der Waals surface area contributed by atoms with E-state index in [0.29, 0.717) is 0 Å². The van der Waals surface area contributed by atoms with E-state index in [1.54, 1.807) is 7.11 Å². The smallest absolute Gasteiger partial charge is 0.126 e. The first kappa shape index (κ1) is 16.5. The van der Waals surface area contributed by atoms with Gasteiger partial charge in [-0.25, -0.2) is 0 Å². The van der Waals surface area contributed by atoms with Gasteiger partial charge in [0.05, 0.1) is 12.6 Å². The van der Waals surface area contributed by atoms with E-state index >= 15 is 0 Å². The highest BCUT2D eigenvalue weighted by Gasteiger charge is 2.18. The molecule has 28 heavy (non-hydrogen) atoms. The highest BCUT2D eigenvalue weighted by Crippen LogP contribution is 2.44. The number of nitrogens with one attached hydrogen (secondary N) is 1. The molecule has 0 radical (unpaired) electrons. The van der Waals surface area contributed by atoms with E-state index in [-0.39, 0.29) is 0 Å². The average molecular weight is 364 g/mol. The second-order valence-corrected chi connectivity index (χ2v) is 6.87. The summed E-state index contributed by atoms with van der Waals surface area (Å²) in [5.74, 6) is 0.837. The zero-order chi connectivity index (χ0) is 19.1. The van der Waals surface area contributed by atoms with E-state index in [9.17, 15) is 0 Å². The van der Waals surface area contributed by atoms with Gasteiger partial charge in [-0.3, -0.25) is 0 Å². The maximum Gasteiger partial charge on any atom is 0.126 e. The third-order valence-corrected chi connectivity index (χ3v) is 5.31. The van der Waals surface area contributed by atoms with Gasteiger partial charge in [-0.1, -0.05) is 66.7 Å². The molecule has 3 heteroatoms. The monoisotopic (exact) mass is 364 g/mol. The Kier molecular flexibility index (Phi) is 3.80. The molecule has 3 nitrogen and oxygen atoms in total. The summed E-state index contributed by atoms with van der Waals surface area (Å²) in [6, 6.07) is 28.8. The van der Waals surface area contributed by atoms with E-state index in [2.05, 4.69) is 53.5 Å². The Balaban J connectivity index is 1.96. The second-order valence-electron chi connectivity index (χ2n) is 6.87. The zero-order valence-corrected chi connectivity index (χ0v) is 15.6. The van der Waals surface area contributed by atoms with Gasteiger partial charge in [0.15, 0.2) is 0 Å². The van der Waals surface area contributed by atoms with Crippen LogP contribution in [0.4, 0.5) is 5.69 Å². The van der Waals surface area contributed by atoms with E-state index in [0.717, 1.165) is 44.7 Å². The molecule has 4 aromatic carbocycles. The first-order valence-corrected chi connectivity index (χ1v) is 9.29. The molecule has 136 valence electrons. The minimum atomic E-state index is 0.758. The lowest BCUT2D eigenvalue weighted by Crippen LogP contribution is -1.94. The van der Waals surface area contributed by atoms with Gasteiger partial charge in [-0.15, -0.1) is 0 Å². The molecule has 0 amide bonds. The van der Waals surface area contributed by atoms with Crippen molar-refractivity contribution in [1.29, 1.82) is 0 Å². The van der Waals surface area contributed by atoms with Crippen molar-refractivity contribution in [2.24, 2.45) is 0 Å². The van der Waals surface area contributed by atoms with Gasteiger partial charge in [-0.05, 0) is 23.8 Å². The van der Waals surface area contributed by atoms with Gasteiger partial charge in [0.2, 0.25) is 0 Å². The molecule has 0 unspecified atom stereocenters. The number of hydrogen-bond donors (Lipinski definition) is 2. The van der Waals surface area contributed by atoms with Crippen LogP contribution >= 0.6 is 0 Å². The van der Waals surface area contributed by atoms with E-state index in [1.807, 2.05) is 36.4 Å². The molecule has 0 aliphatic rings. The number of nitrogen functional groups attached to an aromatic ring is 1. The van der Waals surface area contributed by atoms with E-state index < -0.39 is 0 Å². The number of ether oxygens (including phenoxy) is 1. The Labute approximate surface area is 163 Å². The van der Waals surface area contributed by atoms with Crippen LogP contribution < -0.4 is 10.5 Å². The number of fused-ring (bicyclic) bond motifs is 3. The number of H-pyrrole nitrogens is 1. The molecule has 0 aliphatic carbocycles. The molecule has 5 aromatic rings. The van der Waals surface area contributed by atoms with Crippen molar-refractivity contribution in [2.75, 3.05) is 12.8 Å². The Bertz CT molecular complexity index is 1320. The molecule has 0 atom stereocenters. The number of aromatic amines is 1. The molecule has 1 heterocycles. The Morgan fingerprint density at radius 1 is 0.679 bits per heavy atom. The largest absolute Gasteiger partial charge is 0.496 e. The van der Waals surface area contributed by atoms with Crippen LogP contribution in [-0.2, 0) is 0 Å². The van der Waals surface area contributed by atoms with Crippen molar-refractivity contribution in [3.05, 3.63) is 84.9 Å². The maximum atomic E-state index is 6.35. The summed E-state index contributed by atoms with van der Waals surface area (Å²) in [7, 11) is 1.71. The normalized spacial score (nSPS) is 11.2. The number of rotatable bonds is 3. The summed E-state index contributed by atoms with van der Waals surface area (Å²) in [5.41, 5.74) is 13.6. The molecule has 3 N–H and O–H groups in total. The van der Waals surface area contributed by atoms with Crippen LogP contribution in [0, 0.1) is 0 Å². The van der Waals surface area contributed by atoms with Gasteiger partial charge < -0.3 is 15.5 Å². The van der Waals surface area contributed by atoms with Gasteiger partial charge in [0.1, 0.15) is 5.75 Å². The fourth-order valence-electron chi connectivity index (χ4n) is 4.02. The van der Waals surface area contributed by atoms with Crippen LogP contribution in [0.3, 0.4) is 0 Å². The van der Waals surface area contributed by atoms with Crippen LogP contribution in [0.1, 0.15) is 0 Å². The number of nitrogens with two attached hydrogens (primary N) is 1. The Morgan fingerprint density at radius 2 is 1.39 bits per heavy atom. The quantitative estimate of drug-likeness (QED) is 0.372. The summed E-state index contributed by atoms with van der Waals surface area (Å²) in [6.45, 7) is 0. The number of anilines is 1. The maximum absolute atomic E-state index is 6.35. The minimum Gasteiger partial charge on any atom is -0.496 e. The molecule has 0 spiro atoms. The number of methoxy groups -OCH3 is 1. The Hall–Kier alpha value is -3.72. The van der Waals surface area contributed by atoms with Gasteiger partial charge in [-0.2, -0.15) is 0 Å². The molecule has 0 saturated heterocycles. The molecule has 5 rings (SSSR count). The van der Waals surface area contributed by atoms with E-state index in [4.69, 9.17) is 10.5 Å². The summed E-state index contributed by atoms with van der Waals surface area (Å²) in [5, 5.41) is 2.40. The Morgan fingerprint density at radius 3 is 2.21 bits per heavy atom. The van der Waals surface area contributed by atoms with Crippen LogP contribution in [0.5, 0.6) is 5.75 Å². The molecular weight excluding hydrogens is 344 g/mol. The fraction of sp³-hybridized carbons (Fsp3) is 0.0400. The number of hydrogen-bond acceptors (Lipinski definition) is 2. The van der Waals surface area contributed by atoms with Crippen LogP contribution in [0.15, 0.2) is 84.9 Å². The van der Waals surface area contributed by atoms with Crippen molar-refractivity contribution < 1.29 is 4.74 Å². The minimum absolute atomic E-state index is 0.758. The van der Waals surface area contributed by atoms with Crippen LogP contribution in [0.25, 0.3) is 44.1 Å². The zero-order valence-electron chi connectivity index (χ0n) is 15.6. The topological polar surface area (TPSA) is 51.0 Å². The van der Waals surface area contributed by atoms with Crippen molar-refractivity contribution in [3.63, 3.8) is 0 Å². The number of benzene rings is 4. The lowest BCUT2D eigenvalue weighted by atomic mass is 9.91. The van der Waals surface area contributed by atoms with E-state index in [1.165, 1.54) is 10.8 Å². The first-order chi connectivity index (χ1) is 13.8. The van der Waals surface area contributed by atoms with Crippen LogP contribution in [-0.4, -0.2) is 12.1 Å². The predicted octanol–water partition coefficient (Wildman–Crippen LogP) is 6.25. The third-order valence-electron chi connectivity index (χ3n) is 5.31. The SMILES string of the molecule is COc1ccccc1-c1c(-c2ccccc2N)ccc2c1[nH]c1ccccc12. The highest BCUT2D eigenvalue weighted by molar-refractivity contribution is 6.15. The standard InChI is InChI=1S/C25H20N2O/c1-28-23-13-7-4-10-20(23)24-18(16-8-2-5-11-21(16)26)14-15-19-17-9-3-6-12-22(17)27-25(19)24/h2-15,27H,26H2,1H3. The highest BCUT2D eigenvalue weighted by atomic mass is 16.5. The molecule has 0 saturated carbocycles. The summed E-state index contributed by atoms with van der Waals surface area (Å²) in [6.07, 6.45) is 0. The summed E-state index contributed by atoms with van der Waals surface area (Å²) in [4.78, 5) is 3.63. The van der Waals surface area contributed by atoms with Crippen molar-refractivity contribution >= 4 is 27.5 Å². The number of aromatic nitrogens is 1. The molecule has 0 fully saturated rings. The third kappa shape index (κ3) is 2.44. The van der Waals surface area contributed by atoms with Crippen molar-refractivity contribution in [2.45, 2.75) is 0 Å². The van der Waals surface area contributed by atoms with Crippen molar-refractivity contribution in [1.82, 2.24) is 4.98 Å². The average Bonchev–Trinajstić information content (AvgIpc) is 3.12. The van der Waals surface area contributed by atoms with Gasteiger partial charge >= 0.3 is 0 Å². The van der Waals surface area contributed by atoms with Gasteiger partial charge in [0.25, 0.3) is 0 Å². The lowest BCUT2D eigenvalue weighted by Gasteiger charge is -2.16. The molecule has 1 aromatic heterocycles. The van der Waals surface area contributed by atoms with Gasteiger partial charge in [0, 0.05) is 38.7 Å². The lowest BCUT2D eigenvalue weighted by molar-refractivity contribution is 0.416. The van der Waals surface area contributed by atoms with Crippen LogP contribution in [0.2, 0.25) is 0 Å². The summed E-state index contributed by atoms with van der Waals surface area (Å²) < 4.78 is 5.70. The fourth-order valence-corrected chi connectivity index (χ4v) is 4.02.